The van der Waals surface area contributed by atoms with Crippen LogP contribution in [0.4, 0.5) is 5.69 Å². The maximum Gasteiger partial charge on any atom is 0.238 e. The lowest BCUT2D eigenvalue weighted by atomic mass is 10.2. The predicted molar refractivity (Wildman–Crippen MR) is 74.3 cm³/mol. The number of benzene rings is 1. The van der Waals surface area contributed by atoms with Crippen molar-refractivity contribution in [1.82, 2.24) is 0 Å². The standard InChI is InChI=1S/C12H14N2O2S2/c13-18(15,16)12-3-1-11(2-4-12)14-7-5-10-6-8-17-9-10/h1-4,6,8-9,14H,5,7H2,(H2,13,15,16). The molecule has 0 fully saturated rings. The van der Waals surface area contributed by atoms with Crippen LogP contribution >= 0.6 is 11.3 Å². The zero-order chi connectivity index (χ0) is 13.0. The van der Waals surface area contributed by atoms with Crippen molar-refractivity contribution in [1.29, 1.82) is 0 Å². The molecule has 0 bridgehead atoms. The first kappa shape index (κ1) is 13.1. The van der Waals surface area contributed by atoms with E-state index in [-0.39, 0.29) is 4.90 Å². The van der Waals surface area contributed by atoms with Crippen molar-refractivity contribution in [3.05, 3.63) is 46.7 Å². The van der Waals surface area contributed by atoms with E-state index in [9.17, 15) is 8.42 Å². The molecule has 0 amide bonds. The van der Waals surface area contributed by atoms with Crippen LogP contribution < -0.4 is 10.5 Å². The molecule has 3 N–H and O–H groups in total. The quantitative estimate of drug-likeness (QED) is 0.881. The van der Waals surface area contributed by atoms with Crippen LogP contribution in [0.5, 0.6) is 0 Å². The monoisotopic (exact) mass is 282 g/mol. The van der Waals surface area contributed by atoms with Gasteiger partial charge < -0.3 is 5.32 Å². The molecule has 6 heteroatoms. The molecule has 1 aromatic carbocycles. The van der Waals surface area contributed by atoms with Gasteiger partial charge in [-0.2, -0.15) is 11.3 Å². The average molecular weight is 282 g/mol. The summed E-state index contributed by atoms with van der Waals surface area (Å²) in [6.45, 7) is 0.811. The molecule has 4 nitrogen and oxygen atoms in total. The zero-order valence-corrected chi connectivity index (χ0v) is 11.3. The summed E-state index contributed by atoms with van der Waals surface area (Å²) in [5.74, 6) is 0. The third kappa shape index (κ3) is 3.56. The second-order valence-electron chi connectivity index (χ2n) is 3.88. The number of anilines is 1. The first-order chi connectivity index (χ1) is 8.55. The zero-order valence-electron chi connectivity index (χ0n) is 9.67. The third-order valence-electron chi connectivity index (χ3n) is 2.51. The molecule has 2 aromatic rings. The molecule has 0 atom stereocenters. The van der Waals surface area contributed by atoms with Gasteiger partial charge in [0.1, 0.15) is 0 Å². The van der Waals surface area contributed by atoms with Crippen LogP contribution in [0.15, 0.2) is 46.0 Å². The topological polar surface area (TPSA) is 72.2 Å². The van der Waals surface area contributed by atoms with E-state index in [2.05, 4.69) is 22.1 Å². The lowest BCUT2D eigenvalue weighted by Gasteiger charge is -2.06. The summed E-state index contributed by atoms with van der Waals surface area (Å²) in [5, 5.41) is 12.4. The third-order valence-corrected chi connectivity index (χ3v) is 4.17. The highest BCUT2D eigenvalue weighted by atomic mass is 32.2. The van der Waals surface area contributed by atoms with E-state index < -0.39 is 10.0 Å². The second kappa shape index (κ2) is 5.51. The Morgan fingerprint density at radius 3 is 2.44 bits per heavy atom. The summed E-state index contributed by atoms with van der Waals surface area (Å²) in [7, 11) is -3.60. The molecule has 0 spiro atoms. The van der Waals surface area contributed by atoms with Crippen molar-refractivity contribution in [2.75, 3.05) is 11.9 Å². The van der Waals surface area contributed by atoms with Crippen LogP contribution in [0, 0.1) is 0 Å². The largest absolute Gasteiger partial charge is 0.385 e. The van der Waals surface area contributed by atoms with Crippen molar-refractivity contribution in [2.24, 2.45) is 5.14 Å². The van der Waals surface area contributed by atoms with E-state index >= 15 is 0 Å². The maximum absolute atomic E-state index is 11.1. The highest BCUT2D eigenvalue weighted by Crippen LogP contribution is 2.13. The van der Waals surface area contributed by atoms with E-state index in [1.54, 1.807) is 23.5 Å². The molecule has 1 heterocycles. The van der Waals surface area contributed by atoms with Crippen LogP contribution in [-0.2, 0) is 16.4 Å². The number of primary sulfonamides is 1. The van der Waals surface area contributed by atoms with Crippen LogP contribution in [0.1, 0.15) is 5.56 Å². The van der Waals surface area contributed by atoms with Crippen LogP contribution in [-0.4, -0.2) is 15.0 Å². The molecule has 2 rings (SSSR count). The molecular weight excluding hydrogens is 268 g/mol. The Labute approximate surface area is 111 Å². The first-order valence-corrected chi connectivity index (χ1v) is 7.92. The number of nitrogens with one attached hydrogen (secondary N) is 1. The number of sulfonamides is 1. The molecule has 0 saturated heterocycles. The van der Waals surface area contributed by atoms with Gasteiger partial charge in [-0.3, -0.25) is 0 Å². The fourth-order valence-electron chi connectivity index (χ4n) is 1.55. The highest BCUT2D eigenvalue weighted by molar-refractivity contribution is 7.89. The Kier molecular flexibility index (Phi) is 4.00. The molecule has 0 unspecified atom stereocenters. The highest BCUT2D eigenvalue weighted by Gasteiger charge is 2.06. The van der Waals surface area contributed by atoms with Gasteiger partial charge in [0.25, 0.3) is 0 Å². The van der Waals surface area contributed by atoms with E-state index in [4.69, 9.17) is 5.14 Å². The van der Waals surface area contributed by atoms with Crippen LogP contribution in [0.3, 0.4) is 0 Å². The molecule has 0 aliphatic heterocycles. The summed E-state index contributed by atoms with van der Waals surface area (Å²) in [6.07, 6.45) is 0.945. The van der Waals surface area contributed by atoms with E-state index in [0.717, 1.165) is 18.7 Å². The minimum Gasteiger partial charge on any atom is -0.385 e. The van der Waals surface area contributed by atoms with Gasteiger partial charge in [0, 0.05) is 12.2 Å². The average Bonchev–Trinajstić information content (AvgIpc) is 2.82. The van der Waals surface area contributed by atoms with Crippen molar-refractivity contribution in [3.63, 3.8) is 0 Å². The predicted octanol–water partition coefficient (Wildman–Crippen LogP) is 2.05. The summed E-state index contributed by atoms with van der Waals surface area (Å²) in [4.78, 5) is 0.130. The number of thiophene rings is 1. The molecule has 0 radical (unpaired) electrons. The van der Waals surface area contributed by atoms with E-state index in [0.29, 0.717) is 0 Å². The van der Waals surface area contributed by atoms with Gasteiger partial charge in [-0.25, -0.2) is 13.6 Å². The minimum atomic E-state index is -3.60. The van der Waals surface area contributed by atoms with E-state index in [1.807, 2.05) is 0 Å². The number of rotatable bonds is 5. The van der Waals surface area contributed by atoms with Gasteiger partial charge in [0.05, 0.1) is 4.90 Å². The summed E-state index contributed by atoms with van der Waals surface area (Å²) >= 11 is 1.68. The molecule has 0 aliphatic rings. The molecule has 0 saturated carbocycles. The molecule has 1 aromatic heterocycles. The SMILES string of the molecule is NS(=O)(=O)c1ccc(NCCc2ccsc2)cc1. The summed E-state index contributed by atoms with van der Waals surface area (Å²) in [5.41, 5.74) is 2.19. The summed E-state index contributed by atoms with van der Waals surface area (Å²) in [6, 6.07) is 8.53. The van der Waals surface area contributed by atoms with Crippen LogP contribution in [0.2, 0.25) is 0 Å². The Balaban J connectivity index is 1.91. The Bertz CT molecular complexity index is 590. The first-order valence-electron chi connectivity index (χ1n) is 5.43. The van der Waals surface area contributed by atoms with Gasteiger partial charge in [-0.05, 0) is 53.1 Å². The molecular formula is C12H14N2O2S2. The van der Waals surface area contributed by atoms with Crippen molar-refractivity contribution >= 4 is 27.0 Å². The van der Waals surface area contributed by atoms with Gasteiger partial charge in [-0.1, -0.05) is 0 Å². The molecule has 96 valence electrons. The number of nitrogens with two attached hydrogens (primary N) is 1. The second-order valence-corrected chi connectivity index (χ2v) is 6.22. The fraction of sp³-hybridized carbons (Fsp3) is 0.167. The smallest absolute Gasteiger partial charge is 0.238 e. The van der Waals surface area contributed by atoms with Gasteiger partial charge in [0.2, 0.25) is 10.0 Å². The van der Waals surface area contributed by atoms with Crippen molar-refractivity contribution in [2.45, 2.75) is 11.3 Å². The number of hydrogen-bond donors (Lipinski definition) is 2. The van der Waals surface area contributed by atoms with Gasteiger partial charge in [0.15, 0.2) is 0 Å². The lowest BCUT2D eigenvalue weighted by Crippen LogP contribution is -2.12. The number of hydrogen-bond acceptors (Lipinski definition) is 4. The van der Waals surface area contributed by atoms with Crippen molar-refractivity contribution in [3.8, 4) is 0 Å². The fourth-order valence-corrected chi connectivity index (χ4v) is 2.77. The Morgan fingerprint density at radius 1 is 1.17 bits per heavy atom. The lowest BCUT2D eigenvalue weighted by molar-refractivity contribution is 0.598. The van der Waals surface area contributed by atoms with Gasteiger partial charge in [-0.15, -0.1) is 0 Å². The van der Waals surface area contributed by atoms with Crippen LogP contribution in [0.25, 0.3) is 0 Å². The van der Waals surface area contributed by atoms with Crippen molar-refractivity contribution < 1.29 is 8.42 Å². The normalized spacial score (nSPS) is 11.4. The Morgan fingerprint density at radius 2 is 1.89 bits per heavy atom. The van der Waals surface area contributed by atoms with Gasteiger partial charge >= 0.3 is 0 Å². The minimum absolute atomic E-state index is 0.130. The Hall–Kier alpha value is -1.37. The van der Waals surface area contributed by atoms with E-state index in [1.165, 1.54) is 17.7 Å². The summed E-state index contributed by atoms with van der Waals surface area (Å²) < 4.78 is 22.1. The maximum atomic E-state index is 11.1. The molecule has 18 heavy (non-hydrogen) atoms. The molecule has 0 aliphatic carbocycles.